The first-order chi connectivity index (χ1) is 10.5. The zero-order valence-electron chi connectivity index (χ0n) is 12.3. The second-order valence-electron chi connectivity index (χ2n) is 5.81. The van der Waals surface area contributed by atoms with E-state index in [1.807, 2.05) is 31.2 Å². The Morgan fingerprint density at radius 1 is 1.27 bits per heavy atom. The number of hydrogen-bond acceptors (Lipinski definition) is 1. The second-order valence-corrected chi connectivity index (χ2v) is 5.81. The number of allylic oxidation sites excluding steroid dienone is 1. The van der Waals surface area contributed by atoms with E-state index >= 15 is 0 Å². The molecule has 1 aliphatic rings. The van der Waals surface area contributed by atoms with E-state index in [0.717, 1.165) is 22.3 Å². The molecule has 2 nitrogen and oxygen atoms in total. The third-order valence-corrected chi connectivity index (χ3v) is 4.10. The Balaban J connectivity index is 2.00. The van der Waals surface area contributed by atoms with Gasteiger partial charge < -0.3 is 5.11 Å². The molecule has 0 aliphatic heterocycles. The Bertz CT molecular complexity index is 745. The van der Waals surface area contributed by atoms with Gasteiger partial charge in [0.1, 0.15) is 5.82 Å². The smallest absolute Gasteiger partial charge is 0.303 e. The van der Waals surface area contributed by atoms with Gasteiger partial charge in [-0.25, -0.2) is 4.39 Å². The SMILES string of the molecule is Cc1ccc(/C=C2\CC(CC(=O)O)c3cc(F)ccc32)cc1. The zero-order chi connectivity index (χ0) is 15.7. The van der Waals surface area contributed by atoms with Crippen molar-refractivity contribution in [1.82, 2.24) is 0 Å². The number of fused-ring (bicyclic) bond motifs is 1. The van der Waals surface area contributed by atoms with E-state index in [2.05, 4.69) is 6.08 Å². The minimum absolute atomic E-state index is 0.0295. The van der Waals surface area contributed by atoms with Crippen LogP contribution in [0.5, 0.6) is 0 Å². The average Bonchev–Trinajstić information content (AvgIpc) is 2.78. The molecule has 2 aromatic rings. The van der Waals surface area contributed by atoms with Crippen LogP contribution in [-0.2, 0) is 4.79 Å². The standard InChI is InChI=1S/C19H17FO2/c1-12-2-4-13(5-3-12)8-14-9-15(10-19(21)22)18-11-16(20)6-7-17(14)18/h2-8,11,15H,9-10H2,1H3,(H,21,22)/b14-8+. The van der Waals surface area contributed by atoms with Crippen molar-refractivity contribution in [3.8, 4) is 0 Å². The van der Waals surface area contributed by atoms with E-state index in [1.165, 1.54) is 17.7 Å². The Kier molecular flexibility index (Phi) is 3.80. The van der Waals surface area contributed by atoms with Crippen LogP contribution in [0.4, 0.5) is 4.39 Å². The van der Waals surface area contributed by atoms with Crippen LogP contribution in [0.25, 0.3) is 11.6 Å². The fourth-order valence-electron chi connectivity index (χ4n) is 3.04. The lowest BCUT2D eigenvalue weighted by molar-refractivity contribution is -0.137. The first-order valence-electron chi connectivity index (χ1n) is 7.32. The van der Waals surface area contributed by atoms with Crippen LogP contribution in [0.2, 0.25) is 0 Å². The number of benzene rings is 2. The largest absolute Gasteiger partial charge is 0.481 e. The number of hydrogen-bond donors (Lipinski definition) is 1. The van der Waals surface area contributed by atoms with E-state index in [1.54, 1.807) is 6.07 Å². The highest BCUT2D eigenvalue weighted by Gasteiger charge is 2.28. The normalized spacial score (nSPS) is 18.5. The summed E-state index contributed by atoms with van der Waals surface area (Å²) in [6.07, 6.45) is 2.73. The summed E-state index contributed by atoms with van der Waals surface area (Å²) in [5.74, 6) is -1.32. The predicted molar refractivity (Wildman–Crippen MR) is 85.1 cm³/mol. The maximum Gasteiger partial charge on any atom is 0.303 e. The summed E-state index contributed by atoms with van der Waals surface area (Å²) in [4.78, 5) is 11.0. The number of carboxylic acids is 1. The predicted octanol–water partition coefficient (Wildman–Crippen LogP) is 4.64. The molecular formula is C19H17FO2. The van der Waals surface area contributed by atoms with Gasteiger partial charge in [-0.05, 0) is 53.7 Å². The van der Waals surface area contributed by atoms with Crippen LogP contribution >= 0.6 is 0 Å². The van der Waals surface area contributed by atoms with Crippen molar-refractivity contribution in [2.75, 3.05) is 0 Å². The number of aliphatic carboxylic acids is 1. The van der Waals surface area contributed by atoms with E-state index in [4.69, 9.17) is 5.11 Å². The molecule has 0 amide bonds. The van der Waals surface area contributed by atoms with Crippen LogP contribution in [-0.4, -0.2) is 11.1 Å². The van der Waals surface area contributed by atoms with Gasteiger partial charge in [0, 0.05) is 0 Å². The molecule has 1 N–H and O–H groups in total. The van der Waals surface area contributed by atoms with Crippen molar-refractivity contribution < 1.29 is 14.3 Å². The van der Waals surface area contributed by atoms with Crippen molar-refractivity contribution in [2.24, 2.45) is 0 Å². The van der Waals surface area contributed by atoms with Crippen molar-refractivity contribution in [2.45, 2.75) is 25.7 Å². The molecular weight excluding hydrogens is 279 g/mol. The first-order valence-corrected chi connectivity index (χ1v) is 7.32. The molecule has 0 radical (unpaired) electrons. The Labute approximate surface area is 128 Å². The molecule has 0 bridgehead atoms. The molecule has 112 valence electrons. The van der Waals surface area contributed by atoms with Crippen LogP contribution in [0.1, 0.15) is 41.0 Å². The summed E-state index contributed by atoms with van der Waals surface area (Å²) in [5, 5.41) is 9.06. The second kappa shape index (κ2) is 5.76. The molecule has 1 aliphatic carbocycles. The van der Waals surface area contributed by atoms with Crippen molar-refractivity contribution in [3.63, 3.8) is 0 Å². The maximum atomic E-state index is 13.5. The highest BCUT2D eigenvalue weighted by molar-refractivity contribution is 5.87. The van der Waals surface area contributed by atoms with Crippen LogP contribution in [0, 0.1) is 12.7 Å². The van der Waals surface area contributed by atoms with Crippen LogP contribution in [0.3, 0.4) is 0 Å². The minimum Gasteiger partial charge on any atom is -0.481 e. The van der Waals surface area contributed by atoms with Crippen molar-refractivity contribution in [1.29, 1.82) is 0 Å². The number of aryl methyl sites for hydroxylation is 1. The van der Waals surface area contributed by atoms with Gasteiger partial charge in [0.2, 0.25) is 0 Å². The van der Waals surface area contributed by atoms with E-state index in [-0.39, 0.29) is 18.2 Å². The molecule has 0 fully saturated rings. The molecule has 3 rings (SSSR count). The maximum absolute atomic E-state index is 13.5. The lowest BCUT2D eigenvalue weighted by Gasteiger charge is -2.07. The fourth-order valence-corrected chi connectivity index (χ4v) is 3.04. The van der Waals surface area contributed by atoms with Gasteiger partial charge in [-0.15, -0.1) is 0 Å². The Morgan fingerprint density at radius 3 is 2.68 bits per heavy atom. The minimum atomic E-state index is -0.850. The van der Waals surface area contributed by atoms with Crippen molar-refractivity contribution >= 4 is 17.6 Å². The Hall–Kier alpha value is -2.42. The van der Waals surface area contributed by atoms with E-state index in [9.17, 15) is 9.18 Å². The summed E-state index contributed by atoms with van der Waals surface area (Å²) in [6.45, 7) is 2.04. The zero-order valence-corrected chi connectivity index (χ0v) is 12.3. The monoisotopic (exact) mass is 296 g/mol. The summed E-state index contributed by atoms with van der Waals surface area (Å²) in [6, 6.07) is 12.8. The molecule has 1 atom stereocenters. The summed E-state index contributed by atoms with van der Waals surface area (Å²) < 4.78 is 13.5. The topological polar surface area (TPSA) is 37.3 Å². The van der Waals surface area contributed by atoms with Gasteiger partial charge in [-0.1, -0.05) is 42.0 Å². The molecule has 22 heavy (non-hydrogen) atoms. The summed E-state index contributed by atoms with van der Waals surface area (Å²) in [7, 11) is 0. The third kappa shape index (κ3) is 2.93. The van der Waals surface area contributed by atoms with Crippen molar-refractivity contribution in [3.05, 3.63) is 70.5 Å². The first kappa shape index (κ1) is 14.5. The molecule has 3 heteroatoms. The Morgan fingerprint density at radius 2 is 2.00 bits per heavy atom. The summed E-state index contributed by atoms with van der Waals surface area (Å²) in [5.41, 5.74) is 5.12. The van der Waals surface area contributed by atoms with E-state index in [0.29, 0.717) is 6.42 Å². The van der Waals surface area contributed by atoms with Gasteiger partial charge in [0.15, 0.2) is 0 Å². The van der Waals surface area contributed by atoms with Gasteiger partial charge >= 0.3 is 5.97 Å². The summed E-state index contributed by atoms with van der Waals surface area (Å²) >= 11 is 0. The van der Waals surface area contributed by atoms with Gasteiger partial charge in [0.25, 0.3) is 0 Å². The molecule has 2 aromatic carbocycles. The molecule has 0 heterocycles. The average molecular weight is 296 g/mol. The number of halogens is 1. The fraction of sp³-hybridized carbons (Fsp3) is 0.211. The molecule has 1 unspecified atom stereocenters. The quantitative estimate of drug-likeness (QED) is 0.896. The number of carboxylic acid groups (broad SMARTS) is 1. The number of carbonyl (C=O) groups is 1. The lowest BCUT2D eigenvalue weighted by Crippen LogP contribution is -2.03. The molecule has 0 saturated heterocycles. The molecule has 0 spiro atoms. The van der Waals surface area contributed by atoms with Gasteiger partial charge in [0.05, 0.1) is 6.42 Å². The molecule has 0 saturated carbocycles. The molecule has 0 aromatic heterocycles. The van der Waals surface area contributed by atoms with Crippen LogP contribution in [0.15, 0.2) is 42.5 Å². The highest BCUT2D eigenvalue weighted by atomic mass is 19.1. The van der Waals surface area contributed by atoms with Gasteiger partial charge in [-0.2, -0.15) is 0 Å². The van der Waals surface area contributed by atoms with Crippen LogP contribution < -0.4 is 0 Å². The number of rotatable bonds is 3. The van der Waals surface area contributed by atoms with E-state index < -0.39 is 5.97 Å². The third-order valence-electron chi connectivity index (χ3n) is 4.10. The lowest BCUT2D eigenvalue weighted by atomic mass is 9.98. The highest BCUT2D eigenvalue weighted by Crippen LogP contribution is 2.44. The van der Waals surface area contributed by atoms with Gasteiger partial charge in [-0.3, -0.25) is 4.79 Å².